The van der Waals surface area contributed by atoms with Crippen LogP contribution >= 0.6 is 0 Å². The number of carbonyl (C=O) groups is 1. The number of amides is 1. The highest BCUT2D eigenvalue weighted by Gasteiger charge is 2.43. The van der Waals surface area contributed by atoms with Crippen LogP contribution in [-0.4, -0.2) is 56.3 Å². The highest BCUT2D eigenvalue weighted by Crippen LogP contribution is 2.36. The molecule has 0 atom stereocenters. The van der Waals surface area contributed by atoms with E-state index < -0.39 is 0 Å². The van der Waals surface area contributed by atoms with Gasteiger partial charge in [-0.05, 0) is 37.0 Å². The van der Waals surface area contributed by atoms with Crippen molar-refractivity contribution < 1.29 is 14.3 Å². The summed E-state index contributed by atoms with van der Waals surface area (Å²) in [4.78, 5) is 16.8. The quantitative estimate of drug-likeness (QED) is 0.676. The number of hydrogen-bond acceptors (Lipinski definition) is 4. The Bertz CT molecular complexity index is 748. The van der Waals surface area contributed by atoms with E-state index in [1.54, 1.807) is 7.11 Å². The van der Waals surface area contributed by atoms with Crippen LogP contribution in [0.25, 0.3) is 0 Å². The fourth-order valence-corrected chi connectivity index (χ4v) is 3.97. The summed E-state index contributed by atoms with van der Waals surface area (Å²) >= 11 is 0. The van der Waals surface area contributed by atoms with E-state index in [2.05, 4.69) is 18.1 Å². The van der Waals surface area contributed by atoms with Gasteiger partial charge in [-0.2, -0.15) is 0 Å². The monoisotopic (exact) mass is 382 g/mol. The maximum Gasteiger partial charge on any atom is 0.253 e. The number of methoxy groups -OCH3 is 1. The first-order chi connectivity index (χ1) is 13.6. The molecule has 0 unspecified atom stereocenters. The number of ether oxygens (including phenoxy) is 2. The van der Waals surface area contributed by atoms with Crippen molar-refractivity contribution in [1.82, 2.24) is 4.90 Å². The molecule has 5 heteroatoms. The maximum absolute atomic E-state index is 12.5. The Morgan fingerprint density at radius 1 is 1.29 bits per heavy atom. The van der Waals surface area contributed by atoms with Crippen LogP contribution in [0.1, 0.15) is 19.3 Å². The second kappa shape index (κ2) is 9.22. The molecule has 0 bridgehead atoms. The zero-order chi connectivity index (χ0) is 20.0. The van der Waals surface area contributed by atoms with Crippen molar-refractivity contribution in [3.63, 3.8) is 0 Å². The fourth-order valence-electron chi connectivity index (χ4n) is 3.97. The van der Waals surface area contributed by atoms with Gasteiger partial charge >= 0.3 is 0 Å². The Hall–Kier alpha value is -2.37. The van der Waals surface area contributed by atoms with E-state index >= 15 is 0 Å². The van der Waals surface area contributed by atoms with Crippen LogP contribution in [0, 0.1) is 0 Å². The third kappa shape index (κ3) is 4.54. The standard InChI is InChI=1S/C23H30N2O3/c1-4-8-19(5-2)11-14-24-15-12-23(13-16-24)18-25(22(26)17-28-23)20-9-6-7-10-21(20)27-3/h4-10H,1-2,11-18H2,3H3/b19-8+. The second-order valence-electron chi connectivity index (χ2n) is 7.40. The molecule has 150 valence electrons. The number of likely N-dealkylation sites (tertiary alicyclic amines) is 1. The van der Waals surface area contributed by atoms with Gasteiger partial charge in [-0.15, -0.1) is 0 Å². The summed E-state index contributed by atoms with van der Waals surface area (Å²) in [7, 11) is 1.64. The second-order valence-corrected chi connectivity index (χ2v) is 7.40. The lowest BCUT2D eigenvalue weighted by atomic mass is 9.88. The minimum Gasteiger partial charge on any atom is -0.495 e. The van der Waals surface area contributed by atoms with Crippen LogP contribution in [0.15, 0.2) is 61.2 Å². The molecule has 1 spiro atoms. The molecule has 0 radical (unpaired) electrons. The average Bonchev–Trinajstić information content (AvgIpc) is 2.74. The first-order valence-electron chi connectivity index (χ1n) is 9.84. The number of benzene rings is 1. The van der Waals surface area contributed by atoms with E-state index in [0.717, 1.165) is 50.3 Å². The number of allylic oxidation sites excluding steroid dienone is 3. The molecular weight excluding hydrogens is 352 g/mol. The van der Waals surface area contributed by atoms with Crippen LogP contribution in [0.4, 0.5) is 5.69 Å². The molecule has 28 heavy (non-hydrogen) atoms. The van der Waals surface area contributed by atoms with Gasteiger partial charge in [0.25, 0.3) is 5.91 Å². The molecule has 1 amide bonds. The Morgan fingerprint density at radius 3 is 2.71 bits per heavy atom. The number of hydrogen-bond donors (Lipinski definition) is 0. The van der Waals surface area contributed by atoms with Gasteiger partial charge in [0.2, 0.25) is 0 Å². The first kappa shape index (κ1) is 20.4. The Morgan fingerprint density at radius 2 is 2.04 bits per heavy atom. The Labute approximate surface area is 167 Å². The number of rotatable bonds is 7. The van der Waals surface area contributed by atoms with Crippen LogP contribution in [0.3, 0.4) is 0 Å². The van der Waals surface area contributed by atoms with E-state index in [1.807, 2.05) is 47.4 Å². The molecule has 2 fully saturated rings. The summed E-state index contributed by atoms with van der Waals surface area (Å²) in [5.74, 6) is 0.707. The molecule has 2 heterocycles. The lowest BCUT2D eigenvalue weighted by molar-refractivity contribution is -0.144. The largest absolute Gasteiger partial charge is 0.495 e. The van der Waals surface area contributed by atoms with Crippen LogP contribution in [0.2, 0.25) is 0 Å². The number of anilines is 1. The summed E-state index contributed by atoms with van der Waals surface area (Å²) in [6.45, 7) is 11.3. The molecule has 2 saturated heterocycles. The molecule has 1 aromatic rings. The number of para-hydroxylation sites is 2. The van der Waals surface area contributed by atoms with E-state index in [-0.39, 0.29) is 18.1 Å². The predicted octanol–water partition coefficient (Wildman–Crippen LogP) is 3.58. The summed E-state index contributed by atoms with van der Waals surface area (Å²) < 4.78 is 11.5. The van der Waals surface area contributed by atoms with Gasteiger partial charge in [-0.3, -0.25) is 4.79 Å². The van der Waals surface area contributed by atoms with Crippen molar-refractivity contribution in [3.8, 4) is 5.75 Å². The van der Waals surface area contributed by atoms with Crippen LogP contribution in [0.5, 0.6) is 5.75 Å². The Kier molecular flexibility index (Phi) is 6.70. The van der Waals surface area contributed by atoms with Gasteiger partial charge < -0.3 is 19.3 Å². The molecule has 0 aliphatic carbocycles. The summed E-state index contributed by atoms with van der Waals surface area (Å²) in [6, 6.07) is 7.68. The molecule has 0 saturated carbocycles. The third-order valence-corrected chi connectivity index (χ3v) is 5.70. The highest BCUT2D eigenvalue weighted by molar-refractivity contribution is 5.96. The topological polar surface area (TPSA) is 42.0 Å². The lowest BCUT2D eigenvalue weighted by Gasteiger charge is -2.47. The normalized spacial score (nSPS) is 20.2. The molecule has 0 N–H and O–H groups in total. The number of carbonyl (C=O) groups excluding carboxylic acids is 1. The van der Waals surface area contributed by atoms with E-state index in [1.165, 1.54) is 5.57 Å². The van der Waals surface area contributed by atoms with Gasteiger partial charge in [-0.25, -0.2) is 0 Å². The number of morpholine rings is 1. The number of piperidine rings is 1. The molecular formula is C23H30N2O3. The van der Waals surface area contributed by atoms with Crippen molar-refractivity contribution in [2.45, 2.75) is 24.9 Å². The first-order valence-corrected chi connectivity index (χ1v) is 9.84. The van der Waals surface area contributed by atoms with Gasteiger partial charge in [0, 0.05) is 19.6 Å². The number of nitrogens with zero attached hydrogens (tertiary/aromatic N) is 2. The van der Waals surface area contributed by atoms with Crippen LogP contribution < -0.4 is 9.64 Å². The minimum atomic E-state index is -0.274. The van der Waals surface area contributed by atoms with Crippen LogP contribution in [-0.2, 0) is 9.53 Å². The predicted molar refractivity (Wildman–Crippen MR) is 113 cm³/mol. The van der Waals surface area contributed by atoms with E-state index in [9.17, 15) is 4.79 Å². The van der Waals surface area contributed by atoms with Crippen molar-refractivity contribution >= 4 is 11.6 Å². The third-order valence-electron chi connectivity index (χ3n) is 5.70. The summed E-state index contributed by atoms with van der Waals surface area (Å²) in [5, 5.41) is 0. The van der Waals surface area contributed by atoms with Crippen molar-refractivity contribution in [1.29, 1.82) is 0 Å². The highest BCUT2D eigenvalue weighted by atomic mass is 16.5. The average molecular weight is 383 g/mol. The van der Waals surface area contributed by atoms with Gasteiger partial charge in [0.05, 0.1) is 24.9 Å². The summed E-state index contributed by atoms with van der Waals surface area (Å²) in [6.07, 6.45) is 8.52. The molecule has 0 aromatic heterocycles. The van der Waals surface area contributed by atoms with E-state index in [0.29, 0.717) is 6.54 Å². The van der Waals surface area contributed by atoms with Crippen molar-refractivity contribution in [2.24, 2.45) is 0 Å². The smallest absolute Gasteiger partial charge is 0.253 e. The minimum absolute atomic E-state index is 0.0114. The summed E-state index contributed by atoms with van der Waals surface area (Å²) in [5.41, 5.74) is 1.76. The molecule has 2 aliphatic heterocycles. The molecule has 3 rings (SSSR count). The van der Waals surface area contributed by atoms with Gasteiger partial charge in [-0.1, -0.05) is 43.5 Å². The molecule has 5 nitrogen and oxygen atoms in total. The van der Waals surface area contributed by atoms with Gasteiger partial charge in [0.1, 0.15) is 12.4 Å². The van der Waals surface area contributed by atoms with Crippen molar-refractivity contribution in [3.05, 3.63) is 61.2 Å². The van der Waals surface area contributed by atoms with Gasteiger partial charge in [0.15, 0.2) is 0 Å². The molecule has 1 aromatic carbocycles. The zero-order valence-electron chi connectivity index (χ0n) is 16.7. The molecule has 2 aliphatic rings. The fraction of sp³-hybridized carbons (Fsp3) is 0.435. The SMILES string of the molecule is C=C/C=C(\C=C)CCN1CCC2(CC1)CN(c1ccccc1OC)C(=O)CO2. The maximum atomic E-state index is 12.5. The lowest BCUT2D eigenvalue weighted by Crippen LogP contribution is -2.59. The van der Waals surface area contributed by atoms with E-state index in [4.69, 9.17) is 9.47 Å². The zero-order valence-corrected chi connectivity index (χ0v) is 16.7. The Balaban J connectivity index is 1.63. The van der Waals surface area contributed by atoms with Crippen molar-refractivity contribution in [2.75, 3.05) is 44.8 Å².